The van der Waals surface area contributed by atoms with Gasteiger partial charge in [-0.15, -0.1) is 0 Å². The topological polar surface area (TPSA) is 84.2 Å². The van der Waals surface area contributed by atoms with Gasteiger partial charge in [0.15, 0.2) is 0 Å². The number of nitrogens with one attached hydrogen (secondary N) is 2. The monoisotopic (exact) mass is 235 g/mol. The second-order valence-corrected chi connectivity index (χ2v) is 4.03. The summed E-state index contributed by atoms with van der Waals surface area (Å²) in [5.41, 5.74) is 6.52. The lowest BCUT2D eigenvalue weighted by atomic mass is 10.2. The predicted molar refractivity (Wildman–Crippen MR) is 66.5 cm³/mol. The van der Waals surface area contributed by atoms with Gasteiger partial charge in [-0.2, -0.15) is 0 Å². The average Bonchev–Trinajstić information content (AvgIpc) is 2.25. The molecule has 0 aliphatic carbocycles. The first-order valence-electron chi connectivity index (χ1n) is 5.42. The Morgan fingerprint density at radius 3 is 2.65 bits per heavy atom. The van der Waals surface area contributed by atoms with Gasteiger partial charge in [-0.1, -0.05) is 6.07 Å². The van der Waals surface area contributed by atoms with Gasteiger partial charge in [0.25, 0.3) is 5.91 Å². The molecular formula is C12H17N3O2. The third-order valence-electron chi connectivity index (χ3n) is 2.01. The van der Waals surface area contributed by atoms with Crippen LogP contribution in [0.3, 0.4) is 0 Å². The van der Waals surface area contributed by atoms with E-state index in [4.69, 9.17) is 5.73 Å². The normalized spacial score (nSPS) is 10.1. The summed E-state index contributed by atoms with van der Waals surface area (Å²) in [6.45, 7) is 3.68. The van der Waals surface area contributed by atoms with Crippen molar-refractivity contribution in [2.45, 2.75) is 19.9 Å². The molecule has 0 radical (unpaired) electrons. The van der Waals surface area contributed by atoms with Gasteiger partial charge in [0.05, 0.1) is 6.54 Å². The smallest absolute Gasteiger partial charge is 0.251 e. The second-order valence-electron chi connectivity index (χ2n) is 4.03. The summed E-state index contributed by atoms with van der Waals surface area (Å²) in [4.78, 5) is 22.9. The van der Waals surface area contributed by atoms with Crippen molar-refractivity contribution in [1.82, 2.24) is 10.6 Å². The lowest BCUT2D eigenvalue weighted by molar-refractivity contribution is -0.120. The van der Waals surface area contributed by atoms with E-state index < -0.39 is 0 Å². The van der Waals surface area contributed by atoms with Gasteiger partial charge in [-0.25, -0.2) is 0 Å². The summed E-state index contributed by atoms with van der Waals surface area (Å²) in [5, 5.41) is 5.21. The minimum atomic E-state index is -0.309. The Morgan fingerprint density at radius 1 is 1.35 bits per heavy atom. The quantitative estimate of drug-likeness (QED) is 0.665. The van der Waals surface area contributed by atoms with Crippen molar-refractivity contribution in [3.05, 3.63) is 29.8 Å². The molecule has 5 nitrogen and oxygen atoms in total. The number of hydrogen-bond acceptors (Lipinski definition) is 3. The molecule has 0 fully saturated rings. The first kappa shape index (κ1) is 13.0. The Kier molecular flexibility index (Phi) is 4.51. The van der Waals surface area contributed by atoms with Gasteiger partial charge in [0, 0.05) is 17.3 Å². The highest BCUT2D eigenvalue weighted by Crippen LogP contribution is 2.05. The molecular weight excluding hydrogens is 218 g/mol. The van der Waals surface area contributed by atoms with Gasteiger partial charge < -0.3 is 16.4 Å². The van der Waals surface area contributed by atoms with Crippen molar-refractivity contribution in [1.29, 1.82) is 0 Å². The molecule has 2 amide bonds. The van der Waals surface area contributed by atoms with Gasteiger partial charge in [-0.3, -0.25) is 9.59 Å². The number of carbonyl (C=O) groups excluding carboxylic acids is 2. The molecule has 1 aromatic rings. The Hall–Kier alpha value is -2.04. The highest BCUT2D eigenvalue weighted by atomic mass is 16.2. The van der Waals surface area contributed by atoms with Crippen LogP contribution in [0.4, 0.5) is 5.69 Å². The summed E-state index contributed by atoms with van der Waals surface area (Å²) in [6.07, 6.45) is 0. The van der Waals surface area contributed by atoms with Crippen molar-refractivity contribution in [3.63, 3.8) is 0 Å². The maximum absolute atomic E-state index is 11.6. The molecule has 0 bridgehead atoms. The number of amides is 2. The van der Waals surface area contributed by atoms with E-state index in [1.807, 2.05) is 13.8 Å². The second kappa shape index (κ2) is 5.89. The maximum Gasteiger partial charge on any atom is 0.251 e. The van der Waals surface area contributed by atoms with Crippen LogP contribution in [0.25, 0.3) is 0 Å². The van der Waals surface area contributed by atoms with Crippen LogP contribution in [0.1, 0.15) is 24.2 Å². The van der Waals surface area contributed by atoms with E-state index in [9.17, 15) is 9.59 Å². The first-order chi connectivity index (χ1) is 7.99. The summed E-state index contributed by atoms with van der Waals surface area (Å²) < 4.78 is 0. The number of hydrogen-bond donors (Lipinski definition) is 3. The van der Waals surface area contributed by atoms with Crippen LogP contribution in [0.2, 0.25) is 0 Å². The largest absolute Gasteiger partial charge is 0.399 e. The fourth-order valence-corrected chi connectivity index (χ4v) is 1.32. The third-order valence-corrected chi connectivity index (χ3v) is 2.01. The standard InChI is InChI=1S/C12H17N3O2/c1-8(2)15-11(16)7-14-12(17)9-4-3-5-10(13)6-9/h3-6,8H,7,13H2,1-2H3,(H,14,17)(H,15,16). The van der Waals surface area contributed by atoms with Crippen molar-refractivity contribution in [2.24, 2.45) is 0 Å². The van der Waals surface area contributed by atoms with E-state index >= 15 is 0 Å². The molecule has 0 aliphatic heterocycles. The number of nitrogens with two attached hydrogens (primary N) is 1. The lowest BCUT2D eigenvalue weighted by Gasteiger charge is -2.09. The molecule has 17 heavy (non-hydrogen) atoms. The molecule has 0 aromatic heterocycles. The number of rotatable bonds is 4. The van der Waals surface area contributed by atoms with Gasteiger partial charge >= 0.3 is 0 Å². The first-order valence-corrected chi connectivity index (χ1v) is 5.42. The molecule has 0 atom stereocenters. The molecule has 0 heterocycles. The predicted octanol–water partition coefficient (Wildman–Crippen LogP) is 0.523. The number of nitrogen functional groups attached to an aromatic ring is 1. The summed E-state index contributed by atoms with van der Waals surface area (Å²) in [5.74, 6) is -0.520. The fourth-order valence-electron chi connectivity index (χ4n) is 1.32. The number of anilines is 1. The molecule has 1 aromatic carbocycles. The Bertz CT molecular complexity index is 416. The van der Waals surface area contributed by atoms with E-state index in [0.717, 1.165) is 0 Å². The maximum atomic E-state index is 11.6. The van der Waals surface area contributed by atoms with Crippen LogP contribution in [0, 0.1) is 0 Å². The zero-order valence-corrected chi connectivity index (χ0v) is 9.99. The fraction of sp³-hybridized carbons (Fsp3) is 0.333. The van der Waals surface area contributed by atoms with E-state index in [1.54, 1.807) is 24.3 Å². The highest BCUT2D eigenvalue weighted by molar-refractivity contribution is 5.97. The Balaban J connectivity index is 2.48. The Morgan fingerprint density at radius 2 is 2.06 bits per heavy atom. The van der Waals surface area contributed by atoms with Gasteiger partial charge in [0.2, 0.25) is 5.91 Å². The van der Waals surface area contributed by atoms with Crippen molar-refractivity contribution in [3.8, 4) is 0 Å². The van der Waals surface area contributed by atoms with Crippen LogP contribution in [-0.4, -0.2) is 24.4 Å². The summed E-state index contributed by atoms with van der Waals surface area (Å²) in [7, 11) is 0. The van der Waals surface area contributed by atoms with Crippen LogP contribution < -0.4 is 16.4 Å². The SMILES string of the molecule is CC(C)NC(=O)CNC(=O)c1cccc(N)c1. The van der Waals surface area contributed by atoms with E-state index in [-0.39, 0.29) is 24.4 Å². The molecule has 0 saturated carbocycles. The Labute approximate surface area is 100 Å². The zero-order chi connectivity index (χ0) is 12.8. The van der Waals surface area contributed by atoms with Crippen LogP contribution in [-0.2, 0) is 4.79 Å². The van der Waals surface area contributed by atoms with Crippen molar-refractivity contribution >= 4 is 17.5 Å². The zero-order valence-electron chi connectivity index (χ0n) is 9.99. The van der Waals surface area contributed by atoms with Crippen molar-refractivity contribution < 1.29 is 9.59 Å². The van der Waals surface area contributed by atoms with Crippen molar-refractivity contribution in [2.75, 3.05) is 12.3 Å². The lowest BCUT2D eigenvalue weighted by Crippen LogP contribution is -2.39. The molecule has 1 rings (SSSR count). The number of benzene rings is 1. The molecule has 0 unspecified atom stereocenters. The molecule has 5 heteroatoms. The van der Waals surface area contributed by atoms with Crippen LogP contribution in [0.5, 0.6) is 0 Å². The van der Waals surface area contributed by atoms with E-state index in [2.05, 4.69) is 10.6 Å². The van der Waals surface area contributed by atoms with Crippen LogP contribution >= 0.6 is 0 Å². The highest BCUT2D eigenvalue weighted by Gasteiger charge is 2.08. The summed E-state index contributed by atoms with van der Waals surface area (Å²) >= 11 is 0. The van der Waals surface area contributed by atoms with Gasteiger partial charge in [0.1, 0.15) is 0 Å². The van der Waals surface area contributed by atoms with E-state index in [1.165, 1.54) is 0 Å². The molecule has 0 aliphatic rings. The third kappa shape index (κ3) is 4.55. The van der Waals surface area contributed by atoms with E-state index in [0.29, 0.717) is 11.3 Å². The molecule has 0 spiro atoms. The van der Waals surface area contributed by atoms with Gasteiger partial charge in [-0.05, 0) is 32.0 Å². The number of carbonyl (C=O) groups is 2. The molecule has 92 valence electrons. The minimum Gasteiger partial charge on any atom is -0.399 e. The summed E-state index contributed by atoms with van der Waals surface area (Å²) in [6, 6.07) is 6.66. The van der Waals surface area contributed by atoms with Crippen LogP contribution in [0.15, 0.2) is 24.3 Å². The average molecular weight is 235 g/mol. The molecule has 0 saturated heterocycles. The molecule has 4 N–H and O–H groups in total. The minimum absolute atomic E-state index is 0.0359.